The summed E-state index contributed by atoms with van der Waals surface area (Å²) in [6.07, 6.45) is 6.04. The second kappa shape index (κ2) is 6.46. The molecule has 0 N–H and O–H groups in total. The molecule has 0 aromatic carbocycles. The zero-order valence-electron chi connectivity index (χ0n) is 13.8. The molecule has 0 radical (unpaired) electrons. The van der Waals surface area contributed by atoms with E-state index >= 15 is 0 Å². The molecule has 20 heavy (non-hydrogen) atoms. The molecule has 2 fully saturated rings. The van der Waals surface area contributed by atoms with E-state index in [2.05, 4.69) is 37.5 Å². The van der Waals surface area contributed by atoms with E-state index in [0.717, 1.165) is 44.9 Å². The van der Waals surface area contributed by atoms with Crippen molar-refractivity contribution in [3.8, 4) is 0 Å². The van der Waals surface area contributed by atoms with E-state index in [1.807, 2.05) is 0 Å². The summed E-state index contributed by atoms with van der Waals surface area (Å²) in [6, 6.07) is 0. The smallest absolute Gasteiger partial charge is 0.225 e. The predicted molar refractivity (Wildman–Crippen MR) is 83.6 cm³/mol. The Morgan fingerprint density at radius 3 is 2.00 bits per heavy atom. The van der Waals surface area contributed by atoms with E-state index in [-0.39, 0.29) is 5.54 Å². The van der Waals surface area contributed by atoms with Gasteiger partial charge in [0.05, 0.1) is 0 Å². The van der Waals surface area contributed by atoms with Crippen molar-refractivity contribution in [3.63, 3.8) is 0 Å². The molecule has 1 amide bonds. The zero-order chi connectivity index (χ0) is 14.8. The molecule has 0 spiro atoms. The summed E-state index contributed by atoms with van der Waals surface area (Å²) >= 11 is 0. The highest BCUT2D eigenvalue weighted by Gasteiger charge is 2.32. The molecule has 1 aliphatic carbocycles. The van der Waals surface area contributed by atoms with Crippen LogP contribution in [-0.4, -0.2) is 47.4 Å². The molecule has 1 saturated carbocycles. The molecule has 0 unspecified atom stereocenters. The van der Waals surface area contributed by atoms with Crippen molar-refractivity contribution in [2.45, 2.75) is 65.3 Å². The first-order chi connectivity index (χ1) is 9.41. The van der Waals surface area contributed by atoms with Gasteiger partial charge in [-0.25, -0.2) is 0 Å². The van der Waals surface area contributed by atoms with Crippen molar-refractivity contribution in [2.24, 2.45) is 11.8 Å². The van der Waals surface area contributed by atoms with Gasteiger partial charge in [-0.05, 0) is 52.4 Å². The number of rotatable bonds is 2. The van der Waals surface area contributed by atoms with Gasteiger partial charge in [0.25, 0.3) is 0 Å². The second-order valence-electron chi connectivity index (χ2n) is 7.61. The first-order valence-electron chi connectivity index (χ1n) is 8.45. The number of carbonyl (C=O) groups is 1. The van der Waals surface area contributed by atoms with Crippen LogP contribution in [0.25, 0.3) is 0 Å². The highest BCUT2D eigenvalue weighted by molar-refractivity contribution is 5.79. The normalized spacial score (nSPS) is 29.5. The minimum atomic E-state index is 0.230. The van der Waals surface area contributed by atoms with Gasteiger partial charge in [-0.15, -0.1) is 0 Å². The summed E-state index contributed by atoms with van der Waals surface area (Å²) in [5.41, 5.74) is 0.230. The average molecular weight is 280 g/mol. The second-order valence-corrected chi connectivity index (χ2v) is 7.61. The number of piperazine rings is 1. The van der Waals surface area contributed by atoms with Gasteiger partial charge in [0.15, 0.2) is 0 Å². The Bertz CT molecular complexity index is 318. The number of carbonyl (C=O) groups excluding carboxylic acids is 1. The number of nitrogens with zero attached hydrogens (tertiary/aromatic N) is 2. The molecule has 2 aliphatic rings. The summed E-state index contributed by atoms with van der Waals surface area (Å²) in [4.78, 5) is 17.2. The van der Waals surface area contributed by atoms with Crippen LogP contribution in [0, 0.1) is 11.8 Å². The monoisotopic (exact) mass is 280 g/mol. The Hall–Kier alpha value is -0.570. The number of hydrogen-bond donors (Lipinski definition) is 0. The molecule has 1 saturated heterocycles. The Kier molecular flexibility index (Phi) is 5.11. The van der Waals surface area contributed by atoms with Crippen LogP contribution in [-0.2, 0) is 4.79 Å². The summed E-state index contributed by atoms with van der Waals surface area (Å²) in [5.74, 6) is 1.63. The maximum atomic E-state index is 12.6. The van der Waals surface area contributed by atoms with E-state index in [1.165, 1.54) is 19.3 Å². The topological polar surface area (TPSA) is 23.6 Å². The van der Waals surface area contributed by atoms with E-state index in [9.17, 15) is 4.79 Å². The highest BCUT2D eigenvalue weighted by Crippen LogP contribution is 2.32. The Morgan fingerprint density at radius 1 is 1.00 bits per heavy atom. The van der Waals surface area contributed by atoms with Crippen LogP contribution in [0.15, 0.2) is 0 Å². The largest absolute Gasteiger partial charge is 0.340 e. The quantitative estimate of drug-likeness (QED) is 0.776. The molecule has 116 valence electrons. The van der Waals surface area contributed by atoms with Crippen molar-refractivity contribution in [1.82, 2.24) is 9.80 Å². The SMILES string of the molecule is CCC1CCC(C(=O)N2CCN(C(C)(C)C)CC2)CC1. The van der Waals surface area contributed by atoms with Gasteiger partial charge >= 0.3 is 0 Å². The molecule has 1 aliphatic heterocycles. The van der Waals surface area contributed by atoms with Crippen LogP contribution in [0.1, 0.15) is 59.8 Å². The van der Waals surface area contributed by atoms with Gasteiger partial charge in [0.1, 0.15) is 0 Å². The maximum Gasteiger partial charge on any atom is 0.225 e. The minimum Gasteiger partial charge on any atom is -0.340 e. The Balaban J connectivity index is 1.80. The van der Waals surface area contributed by atoms with Crippen molar-refractivity contribution in [3.05, 3.63) is 0 Å². The molecular formula is C17H32N2O. The Labute approximate surface area is 124 Å². The van der Waals surface area contributed by atoms with Crippen LogP contribution >= 0.6 is 0 Å². The lowest BCUT2D eigenvalue weighted by atomic mass is 9.80. The van der Waals surface area contributed by atoms with Crippen LogP contribution < -0.4 is 0 Å². The molecule has 0 aromatic heterocycles. The van der Waals surface area contributed by atoms with Crippen LogP contribution in [0.2, 0.25) is 0 Å². The van der Waals surface area contributed by atoms with E-state index in [4.69, 9.17) is 0 Å². The van der Waals surface area contributed by atoms with Crippen LogP contribution in [0.5, 0.6) is 0 Å². The summed E-state index contributed by atoms with van der Waals surface area (Å²) in [7, 11) is 0. The average Bonchev–Trinajstić information content (AvgIpc) is 2.46. The van der Waals surface area contributed by atoms with Gasteiger partial charge in [-0.1, -0.05) is 13.3 Å². The molecule has 0 bridgehead atoms. The standard InChI is InChI=1S/C17H32N2O/c1-5-14-6-8-15(9-7-14)16(20)18-10-12-19(13-11-18)17(2,3)4/h14-15H,5-13H2,1-4H3. The maximum absolute atomic E-state index is 12.6. The molecule has 1 heterocycles. The highest BCUT2D eigenvalue weighted by atomic mass is 16.2. The molecule has 0 aromatic rings. The fraction of sp³-hybridized carbons (Fsp3) is 0.941. The van der Waals surface area contributed by atoms with Gasteiger partial charge in [-0.2, -0.15) is 0 Å². The molecule has 0 atom stereocenters. The molecule has 3 nitrogen and oxygen atoms in total. The van der Waals surface area contributed by atoms with E-state index in [0.29, 0.717) is 11.8 Å². The fourth-order valence-electron chi connectivity index (χ4n) is 3.67. The van der Waals surface area contributed by atoms with E-state index < -0.39 is 0 Å². The van der Waals surface area contributed by atoms with Gasteiger partial charge in [0.2, 0.25) is 5.91 Å². The van der Waals surface area contributed by atoms with Gasteiger partial charge in [0, 0.05) is 37.6 Å². The van der Waals surface area contributed by atoms with Crippen molar-refractivity contribution in [1.29, 1.82) is 0 Å². The van der Waals surface area contributed by atoms with Crippen molar-refractivity contribution >= 4 is 5.91 Å². The lowest BCUT2D eigenvalue weighted by molar-refractivity contribution is -0.139. The summed E-state index contributed by atoms with van der Waals surface area (Å²) in [5, 5.41) is 0. The summed E-state index contributed by atoms with van der Waals surface area (Å²) < 4.78 is 0. The first kappa shape index (κ1) is 15.8. The molecule has 3 heteroatoms. The molecular weight excluding hydrogens is 248 g/mol. The number of amides is 1. The zero-order valence-corrected chi connectivity index (χ0v) is 13.8. The minimum absolute atomic E-state index is 0.230. The van der Waals surface area contributed by atoms with E-state index in [1.54, 1.807) is 0 Å². The van der Waals surface area contributed by atoms with Gasteiger partial charge < -0.3 is 4.90 Å². The van der Waals surface area contributed by atoms with Crippen LogP contribution in [0.4, 0.5) is 0 Å². The third-order valence-corrected chi connectivity index (χ3v) is 5.31. The van der Waals surface area contributed by atoms with Gasteiger partial charge in [-0.3, -0.25) is 9.69 Å². The number of hydrogen-bond acceptors (Lipinski definition) is 2. The Morgan fingerprint density at radius 2 is 1.55 bits per heavy atom. The summed E-state index contributed by atoms with van der Waals surface area (Å²) in [6.45, 7) is 13.0. The van der Waals surface area contributed by atoms with Crippen LogP contribution in [0.3, 0.4) is 0 Å². The van der Waals surface area contributed by atoms with Crippen molar-refractivity contribution in [2.75, 3.05) is 26.2 Å². The first-order valence-corrected chi connectivity index (χ1v) is 8.45. The fourth-order valence-corrected chi connectivity index (χ4v) is 3.67. The third-order valence-electron chi connectivity index (χ3n) is 5.31. The lowest BCUT2D eigenvalue weighted by Crippen LogP contribution is -2.55. The molecule has 2 rings (SSSR count). The predicted octanol–water partition coefficient (Wildman–Crippen LogP) is 3.15. The third kappa shape index (κ3) is 3.75. The van der Waals surface area contributed by atoms with Crippen molar-refractivity contribution < 1.29 is 4.79 Å². The lowest BCUT2D eigenvalue weighted by Gasteiger charge is -2.43.